The van der Waals surface area contributed by atoms with Gasteiger partial charge in [-0.05, 0) is 13.3 Å². The van der Waals surface area contributed by atoms with Crippen molar-refractivity contribution in [1.29, 1.82) is 0 Å². The van der Waals surface area contributed by atoms with Crippen molar-refractivity contribution in [3.8, 4) is 0 Å². The Bertz CT molecular complexity index is 599. The molecule has 0 heterocycles. The highest BCUT2D eigenvalue weighted by Crippen LogP contribution is 2.12. The van der Waals surface area contributed by atoms with Gasteiger partial charge in [0.05, 0.1) is 6.42 Å². The number of carbonyl (C=O) groups excluding carboxylic acids is 4. The number of esters is 3. The largest absolute Gasteiger partial charge is 0.406 e. The maximum Gasteiger partial charge on any atom is 0.380 e. The van der Waals surface area contributed by atoms with E-state index in [0.29, 0.717) is 6.54 Å². The predicted octanol–water partition coefficient (Wildman–Crippen LogP) is 4.45. The summed E-state index contributed by atoms with van der Waals surface area (Å²) in [4.78, 5) is 49.7. The Balaban J connectivity index is 4.14. The number of aliphatic hydroxyl groups is 1. The van der Waals surface area contributed by atoms with Crippen molar-refractivity contribution in [2.24, 2.45) is 4.99 Å². The molecule has 0 radical (unpaired) electrons. The van der Waals surface area contributed by atoms with Crippen LogP contribution in [0, 0.1) is 0 Å². The second-order valence-corrected chi connectivity index (χ2v) is 8.08. The number of hydrogen-bond acceptors (Lipinski definition) is 8. The zero-order valence-electron chi connectivity index (χ0n) is 20.0. The summed E-state index contributed by atoms with van der Waals surface area (Å²) in [5.74, 6) is -3.77. The van der Waals surface area contributed by atoms with Gasteiger partial charge >= 0.3 is 17.9 Å². The molecule has 8 heteroatoms. The molecule has 0 fully saturated rings. The summed E-state index contributed by atoms with van der Waals surface area (Å²) in [6, 6.07) is 0. The SMILES string of the molecule is CCCCCCCCCCCCCCN=C(CCC(=O)OC(=O)C(C)O)OC(=O)C(C)=O. The number of rotatable bonds is 18. The van der Waals surface area contributed by atoms with E-state index in [0.717, 1.165) is 26.2 Å². The van der Waals surface area contributed by atoms with Crippen molar-refractivity contribution in [2.75, 3.05) is 6.54 Å². The standard InChI is InChI=1S/C24H41NO7/c1-4-5-6-7-8-9-10-11-12-13-14-15-18-25-21(31-23(29)19(2)26)16-17-22(28)32-24(30)20(3)27/h20,27H,4-18H2,1-3H3. The summed E-state index contributed by atoms with van der Waals surface area (Å²) in [5.41, 5.74) is 0. The zero-order valence-corrected chi connectivity index (χ0v) is 20.0. The second kappa shape index (κ2) is 19.6. The number of ether oxygens (including phenoxy) is 2. The number of unbranched alkanes of at least 4 members (excludes halogenated alkanes) is 11. The summed E-state index contributed by atoms with van der Waals surface area (Å²) in [6.07, 6.45) is 12.8. The lowest BCUT2D eigenvalue weighted by atomic mass is 10.1. The fraction of sp³-hybridized carbons (Fsp3) is 0.792. The smallest absolute Gasteiger partial charge is 0.380 e. The number of Topliss-reactive ketones (excluding diaryl/α,β-unsaturated/α-hetero) is 1. The Labute approximate surface area is 192 Å². The molecule has 0 aliphatic rings. The van der Waals surface area contributed by atoms with Crippen molar-refractivity contribution in [1.82, 2.24) is 0 Å². The first kappa shape index (κ1) is 29.9. The highest BCUT2D eigenvalue weighted by Gasteiger charge is 2.18. The van der Waals surface area contributed by atoms with E-state index in [2.05, 4.69) is 16.7 Å². The normalized spacial score (nSPS) is 12.3. The Morgan fingerprint density at radius 1 is 0.781 bits per heavy atom. The first-order chi connectivity index (χ1) is 15.3. The van der Waals surface area contributed by atoms with Crippen molar-refractivity contribution >= 4 is 29.6 Å². The van der Waals surface area contributed by atoms with Gasteiger partial charge in [-0.15, -0.1) is 0 Å². The first-order valence-electron chi connectivity index (χ1n) is 12.0. The summed E-state index contributed by atoms with van der Waals surface area (Å²) in [5, 5.41) is 9.06. The van der Waals surface area contributed by atoms with Crippen LogP contribution in [-0.4, -0.2) is 47.3 Å². The van der Waals surface area contributed by atoms with Crippen LogP contribution in [0.25, 0.3) is 0 Å². The van der Waals surface area contributed by atoms with E-state index in [9.17, 15) is 19.2 Å². The molecule has 1 N–H and O–H groups in total. The van der Waals surface area contributed by atoms with Crippen LogP contribution >= 0.6 is 0 Å². The minimum atomic E-state index is -1.41. The van der Waals surface area contributed by atoms with Gasteiger partial charge in [0.1, 0.15) is 6.10 Å². The van der Waals surface area contributed by atoms with Crippen LogP contribution in [0.5, 0.6) is 0 Å². The number of carbonyl (C=O) groups is 4. The van der Waals surface area contributed by atoms with Crippen molar-refractivity contribution in [2.45, 2.75) is 117 Å². The lowest BCUT2D eigenvalue weighted by molar-refractivity contribution is -0.165. The Hall–Kier alpha value is -2.09. The molecule has 32 heavy (non-hydrogen) atoms. The lowest BCUT2D eigenvalue weighted by Crippen LogP contribution is -2.24. The maximum atomic E-state index is 11.7. The number of aliphatic imine (C=N–C) groups is 1. The van der Waals surface area contributed by atoms with E-state index in [4.69, 9.17) is 9.84 Å². The molecule has 0 aliphatic carbocycles. The molecule has 0 amide bonds. The molecular weight excluding hydrogens is 414 g/mol. The maximum absolute atomic E-state index is 11.7. The third kappa shape index (κ3) is 17.6. The zero-order chi connectivity index (χ0) is 24.2. The van der Waals surface area contributed by atoms with Crippen LogP contribution in [0.15, 0.2) is 4.99 Å². The average molecular weight is 456 g/mol. The van der Waals surface area contributed by atoms with Crippen LogP contribution in [0.1, 0.15) is 111 Å². The van der Waals surface area contributed by atoms with E-state index in [1.54, 1.807) is 0 Å². The molecule has 0 rings (SSSR count). The van der Waals surface area contributed by atoms with E-state index >= 15 is 0 Å². The van der Waals surface area contributed by atoms with Crippen LogP contribution < -0.4 is 0 Å². The molecule has 0 aliphatic heterocycles. The van der Waals surface area contributed by atoms with Crippen LogP contribution in [0.4, 0.5) is 0 Å². The van der Waals surface area contributed by atoms with Gasteiger partial charge in [0, 0.05) is 19.9 Å². The average Bonchev–Trinajstić information content (AvgIpc) is 2.74. The molecular formula is C24H41NO7. The van der Waals surface area contributed by atoms with Gasteiger partial charge in [-0.2, -0.15) is 0 Å². The van der Waals surface area contributed by atoms with Gasteiger partial charge in [-0.1, -0.05) is 77.6 Å². The molecule has 0 aromatic heterocycles. The van der Waals surface area contributed by atoms with E-state index in [1.165, 1.54) is 64.7 Å². The Morgan fingerprint density at radius 3 is 1.75 bits per heavy atom. The molecule has 1 unspecified atom stereocenters. The molecule has 8 nitrogen and oxygen atoms in total. The van der Waals surface area contributed by atoms with Crippen molar-refractivity contribution in [3.05, 3.63) is 0 Å². The summed E-state index contributed by atoms with van der Waals surface area (Å²) >= 11 is 0. The fourth-order valence-electron chi connectivity index (χ4n) is 2.96. The molecule has 1 atom stereocenters. The Morgan fingerprint density at radius 2 is 1.28 bits per heavy atom. The fourth-order valence-corrected chi connectivity index (χ4v) is 2.96. The molecule has 0 saturated carbocycles. The van der Waals surface area contributed by atoms with Crippen LogP contribution in [-0.2, 0) is 28.7 Å². The van der Waals surface area contributed by atoms with Crippen LogP contribution in [0.2, 0.25) is 0 Å². The number of hydrogen-bond donors (Lipinski definition) is 1. The lowest BCUT2D eigenvalue weighted by Gasteiger charge is -2.08. The minimum Gasteiger partial charge on any atom is -0.406 e. The predicted molar refractivity (Wildman–Crippen MR) is 122 cm³/mol. The highest BCUT2D eigenvalue weighted by molar-refractivity contribution is 6.34. The molecule has 0 spiro atoms. The van der Waals surface area contributed by atoms with Crippen molar-refractivity contribution < 1.29 is 33.8 Å². The van der Waals surface area contributed by atoms with Gasteiger partial charge in [0.15, 0.2) is 5.90 Å². The van der Waals surface area contributed by atoms with E-state index < -0.39 is 29.8 Å². The van der Waals surface area contributed by atoms with E-state index in [1.807, 2.05) is 0 Å². The highest BCUT2D eigenvalue weighted by atomic mass is 16.6. The first-order valence-corrected chi connectivity index (χ1v) is 12.0. The number of ketones is 1. The second-order valence-electron chi connectivity index (χ2n) is 8.08. The molecule has 0 saturated heterocycles. The van der Waals surface area contributed by atoms with Gasteiger partial charge in [-0.3, -0.25) is 14.6 Å². The topological polar surface area (TPSA) is 119 Å². The van der Waals surface area contributed by atoms with E-state index in [-0.39, 0.29) is 18.7 Å². The third-order valence-corrected chi connectivity index (χ3v) is 4.90. The van der Waals surface area contributed by atoms with Gasteiger partial charge < -0.3 is 14.6 Å². The van der Waals surface area contributed by atoms with Gasteiger partial charge in [0.25, 0.3) is 0 Å². The number of nitrogens with zero attached hydrogens (tertiary/aromatic N) is 1. The van der Waals surface area contributed by atoms with Gasteiger partial charge in [0.2, 0.25) is 5.78 Å². The minimum absolute atomic E-state index is 0.0327. The van der Waals surface area contributed by atoms with Crippen molar-refractivity contribution in [3.63, 3.8) is 0 Å². The quantitative estimate of drug-likeness (QED) is 0.0809. The Kier molecular flexibility index (Phi) is 18.3. The molecule has 0 aromatic rings. The molecule has 0 aromatic carbocycles. The third-order valence-electron chi connectivity index (χ3n) is 4.90. The number of aliphatic hydroxyl groups excluding tert-OH is 1. The molecule has 0 bridgehead atoms. The van der Waals surface area contributed by atoms with Gasteiger partial charge in [-0.25, -0.2) is 9.59 Å². The van der Waals surface area contributed by atoms with Crippen LogP contribution in [0.3, 0.4) is 0 Å². The molecule has 184 valence electrons. The summed E-state index contributed by atoms with van der Waals surface area (Å²) < 4.78 is 9.39. The summed E-state index contributed by atoms with van der Waals surface area (Å²) in [6.45, 7) is 4.91. The summed E-state index contributed by atoms with van der Waals surface area (Å²) in [7, 11) is 0. The monoisotopic (exact) mass is 455 g/mol.